The Hall–Kier alpha value is -2.24. The van der Waals surface area contributed by atoms with Crippen LogP contribution in [-0.4, -0.2) is 43.2 Å². The second-order valence-electron chi connectivity index (χ2n) is 7.43. The quantitative estimate of drug-likeness (QED) is 0.571. The van der Waals surface area contributed by atoms with Gasteiger partial charge in [-0.05, 0) is 56.0 Å². The largest absolute Gasteiger partial charge is 0.466 e. The Bertz CT molecular complexity index is 742. The Kier molecular flexibility index (Phi) is 8.20. The first-order chi connectivity index (χ1) is 14.2. The van der Waals surface area contributed by atoms with Gasteiger partial charge in [0.1, 0.15) is 11.9 Å². The fourth-order valence-corrected chi connectivity index (χ4v) is 3.76. The third kappa shape index (κ3) is 6.65. The van der Waals surface area contributed by atoms with Gasteiger partial charge < -0.3 is 14.4 Å². The number of hydrogen-bond acceptors (Lipinski definition) is 4. The van der Waals surface area contributed by atoms with E-state index >= 15 is 0 Å². The molecular formula is C24H30FNO3. The molecule has 3 rings (SSSR count). The highest BCUT2D eigenvalue weighted by Crippen LogP contribution is 2.30. The first-order valence-electron chi connectivity index (χ1n) is 10.5. The molecule has 4 nitrogen and oxygen atoms in total. The van der Waals surface area contributed by atoms with Crippen molar-refractivity contribution in [3.05, 3.63) is 71.5 Å². The van der Waals surface area contributed by atoms with Gasteiger partial charge >= 0.3 is 5.97 Å². The van der Waals surface area contributed by atoms with Gasteiger partial charge in [-0.25, -0.2) is 4.39 Å². The summed E-state index contributed by atoms with van der Waals surface area (Å²) in [6.45, 7) is 5.10. The van der Waals surface area contributed by atoms with E-state index < -0.39 is 0 Å². The van der Waals surface area contributed by atoms with Gasteiger partial charge in [-0.3, -0.25) is 4.79 Å². The predicted octanol–water partition coefficient (Wildman–Crippen LogP) is 4.74. The molecule has 1 fully saturated rings. The standard InChI is InChI=1S/C24H30FNO3/c1-2-28-23(27)9-6-16-26-17-14-22(15-18-26)29-24(19-7-4-3-5-8-19)20-10-12-21(25)13-11-20/h3-5,7-8,10-13,22,24H,2,6,9,14-18H2,1H3. The number of nitrogens with zero attached hydrogens (tertiary/aromatic N) is 1. The number of benzene rings is 2. The summed E-state index contributed by atoms with van der Waals surface area (Å²) in [7, 11) is 0. The molecule has 1 unspecified atom stereocenters. The van der Waals surface area contributed by atoms with Crippen LogP contribution in [0.4, 0.5) is 4.39 Å². The van der Waals surface area contributed by atoms with E-state index in [9.17, 15) is 9.18 Å². The highest BCUT2D eigenvalue weighted by molar-refractivity contribution is 5.69. The van der Waals surface area contributed by atoms with Crippen molar-refractivity contribution in [3.8, 4) is 0 Å². The summed E-state index contributed by atoms with van der Waals surface area (Å²) in [6, 6.07) is 16.7. The molecular weight excluding hydrogens is 369 g/mol. The van der Waals surface area contributed by atoms with Gasteiger partial charge in [-0.2, -0.15) is 0 Å². The number of carbonyl (C=O) groups excluding carboxylic acids is 1. The molecule has 1 aliphatic rings. The maximum Gasteiger partial charge on any atom is 0.305 e. The number of halogens is 1. The van der Waals surface area contributed by atoms with E-state index in [-0.39, 0.29) is 24.0 Å². The highest BCUT2D eigenvalue weighted by atomic mass is 19.1. The van der Waals surface area contributed by atoms with Crippen molar-refractivity contribution >= 4 is 5.97 Å². The van der Waals surface area contributed by atoms with Crippen LogP contribution in [0.1, 0.15) is 49.8 Å². The fourth-order valence-electron chi connectivity index (χ4n) is 3.76. The molecule has 0 aliphatic carbocycles. The molecule has 0 radical (unpaired) electrons. The van der Waals surface area contributed by atoms with Crippen molar-refractivity contribution < 1.29 is 18.7 Å². The summed E-state index contributed by atoms with van der Waals surface area (Å²) in [5.41, 5.74) is 2.05. The summed E-state index contributed by atoms with van der Waals surface area (Å²) >= 11 is 0. The molecule has 0 spiro atoms. The van der Waals surface area contributed by atoms with Crippen molar-refractivity contribution in [2.24, 2.45) is 0 Å². The Labute approximate surface area is 172 Å². The van der Waals surface area contributed by atoms with Gasteiger partial charge in [0, 0.05) is 19.5 Å². The molecule has 29 heavy (non-hydrogen) atoms. The van der Waals surface area contributed by atoms with Gasteiger partial charge in [0.2, 0.25) is 0 Å². The van der Waals surface area contributed by atoms with E-state index in [1.165, 1.54) is 12.1 Å². The minimum atomic E-state index is -0.239. The molecule has 0 aromatic heterocycles. The van der Waals surface area contributed by atoms with E-state index in [2.05, 4.69) is 17.0 Å². The summed E-state index contributed by atoms with van der Waals surface area (Å²) in [6.07, 6.45) is 3.16. The van der Waals surface area contributed by atoms with E-state index in [1.807, 2.05) is 25.1 Å². The maximum absolute atomic E-state index is 13.4. The van der Waals surface area contributed by atoms with Crippen LogP contribution in [0.2, 0.25) is 0 Å². The molecule has 1 atom stereocenters. The SMILES string of the molecule is CCOC(=O)CCCN1CCC(OC(c2ccccc2)c2ccc(F)cc2)CC1. The summed E-state index contributed by atoms with van der Waals surface area (Å²) < 4.78 is 24.9. The average molecular weight is 400 g/mol. The first-order valence-corrected chi connectivity index (χ1v) is 10.5. The Morgan fingerprint density at radius 3 is 2.38 bits per heavy atom. The number of esters is 1. The monoisotopic (exact) mass is 399 g/mol. The third-order valence-electron chi connectivity index (χ3n) is 5.30. The van der Waals surface area contributed by atoms with Gasteiger partial charge in [-0.1, -0.05) is 42.5 Å². The molecule has 0 N–H and O–H groups in total. The number of piperidine rings is 1. The Morgan fingerprint density at radius 1 is 1.07 bits per heavy atom. The molecule has 156 valence electrons. The minimum absolute atomic E-state index is 0.115. The molecule has 0 amide bonds. The molecule has 2 aromatic carbocycles. The van der Waals surface area contributed by atoms with Crippen molar-refractivity contribution in [2.45, 2.75) is 44.8 Å². The molecule has 0 bridgehead atoms. The maximum atomic E-state index is 13.4. The molecule has 1 saturated heterocycles. The number of rotatable bonds is 9. The normalized spacial score (nSPS) is 16.5. The van der Waals surface area contributed by atoms with Crippen LogP contribution < -0.4 is 0 Å². The van der Waals surface area contributed by atoms with Crippen molar-refractivity contribution in [1.82, 2.24) is 4.90 Å². The number of carbonyl (C=O) groups is 1. The molecule has 1 aliphatic heterocycles. The van der Waals surface area contributed by atoms with Crippen LogP contribution in [0.25, 0.3) is 0 Å². The predicted molar refractivity (Wildman–Crippen MR) is 111 cm³/mol. The molecule has 1 heterocycles. The topological polar surface area (TPSA) is 38.8 Å². The highest BCUT2D eigenvalue weighted by Gasteiger charge is 2.24. The van der Waals surface area contributed by atoms with Crippen molar-refractivity contribution in [2.75, 3.05) is 26.2 Å². The zero-order valence-electron chi connectivity index (χ0n) is 17.1. The first kappa shape index (κ1) is 21.5. The van der Waals surface area contributed by atoms with Gasteiger partial charge in [0.15, 0.2) is 0 Å². The van der Waals surface area contributed by atoms with Crippen molar-refractivity contribution in [1.29, 1.82) is 0 Å². The van der Waals surface area contributed by atoms with Gasteiger partial charge in [0.05, 0.1) is 12.7 Å². The lowest BCUT2D eigenvalue weighted by Crippen LogP contribution is -2.38. The van der Waals surface area contributed by atoms with E-state index in [0.717, 1.165) is 50.0 Å². The minimum Gasteiger partial charge on any atom is -0.466 e. The third-order valence-corrected chi connectivity index (χ3v) is 5.30. The second kappa shape index (κ2) is 11.1. The lowest BCUT2D eigenvalue weighted by Gasteiger charge is -2.34. The second-order valence-corrected chi connectivity index (χ2v) is 7.43. The zero-order valence-corrected chi connectivity index (χ0v) is 17.1. The molecule has 2 aromatic rings. The number of hydrogen-bond donors (Lipinski definition) is 0. The lowest BCUT2D eigenvalue weighted by molar-refractivity contribution is -0.143. The number of likely N-dealkylation sites (tertiary alicyclic amines) is 1. The Balaban J connectivity index is 1.53. The van der Waals surface area contributed by atoms with E-state index in [4.69, 9.17) is 9.47 Å². The summed E-state index contributed by atoms with van der Waals surface area (Å²) in [5, 5.41) is 0. The van der Waals surface area contributed by atoms with Crippen molar-refractivity contribution in [3.63, 3.8) is 0 Å². The number of ether oxygens (including phenoxy) is 2. The summed E-state index contributed by atoms with van der Waals surface area (Å²) in [5.74, 6) is -0.354. The van der Waals surface area contributed by atoms with Crippen LogP contribution in [-0.2, 0) is 14.3 Å². The fraction of sp³-hybridized carbons (Fsp3) is 0.458. The molecule has 5 heteroatoms. The van der Waals surface area contributed by atoms with Crippen LogP contribution in [0.5, 0.6) is 0 Å². The van der Waals surface area contributed by atoms with Crippen LogP contribution >= 0.6 is 0 Å². The average Bonchev–Trinajstić information content (AvgIpc) is 2.75. The van der Waals surface area contributed by atoms with Crippen LogP contribution in [0.15, 0.2) is 54.6 Å². The smallest absolute Gasteiger partial charge is 0.305 e. The zero-order chi connectivity index (χ0) is 20.5. The van der Waals surface area contributed by atoms with Gasteiger partial charge in [-0.15, -0.1) is 0 Å². The Morgan fingerprint density at radius 2 is 1.72 bits per heavy atom. The van der Waals surface area contributed by atoms with E-state index in [1.54, 1.807) is 12.1 Å². The summed E-state index contributed by atoms with van der Waals surface area (Å²) in [4.78, 5) is 13.8. The molecule has 0 saturated carbocycles. The van der Waals surface area contributed by atoms with Crippen LogP contribution in [0.3, 0.4) is 0 Å². The van der Waals surface area contributed by atoms with E-state index in [0.29, 0.717) is 13.0 Å². The lowest BCUT2D eigenvalue weighted by atomic mass is 10.00. The van der Waals surface area contributed by atoms with Crippen LogP contribution in [0, 0.1) is 5.82 Å². The van der Waals surface area contributed by atoms with Gasteiger partial charge in [0.25, 0.3) is 0 Å².